The molecule has 0 spiro atoms. The molecule has 5 nitrogen and oxygen atoms in total. The molecule has 1 aliphatic rings. The van der Waals surface area contributed by atoms with Gasteiger partial charge in [0.15, 0.2) is 0 Å². The highest BCUT2D eigenvalue weighted by molar-refractivity contribution is 5.82. The van der Waals surface area contributed by atoms with Gasteiger partial charge in [-0.2, -0.15) is 0 Å². The molecule has 1 aromatic carbocycles. The zero-order valence-corrected chi connectivity index (χ0v) is 13.1. The van der Waals surface area contributed by atoms with Crippen LogP contribution in [0, 0.1) is 5.41 Å². The molecule has 0 aromatic heterocycles. The number of hydrogen-bond acceptors (Lipinski definition) is 4. The minimum absolute atomic E-state index is 0.118. The molecule has 116 valence electrons. The van der Waals surface area contributed by atoms with Gasteiger partial charge in [0.1, 0.15) is 5.75 Å². The number of ether oxygens (including phenoxy) is 1. The van der Waals surface area contributed by atoms with Crippen molar-refractivity contribution in [2.75, 3.05) is 27.2 Å². The first-order chi connectivity index (χ1) is 10.0. The van der Waals surface area contributed by atoms with Gasteiger partial charge in [-0.3, -0.25) is 9.69 Å². The highest BCUT2D eigenvalue weighted by atomic mass is 16.5. The molecule has 0 saturated carbocycles. The third kappa shape index (κ3) is 3.36. The Bertz CT molecular complexity index is 518. The average Bonchev–Trinajstić information content (AvgIpc) is 2.88. The van der Waals surface area contributed by atoms with Crippen molar-refractivity contribution in [1.29, 1.82) is 0 Å². The lowest BCUT2D eigenvalue weighted by Gasteiger charge is -2.23. The van der Waals surface area contributed by atoms with Gasteiger partial charge in [0.05, 0.1) is 12.5 Å². The normalized spacial score (nSPS) is 22.3. The van der Waals surface area contributed by atoms with Gasteiger partial charge in [-0.15, -0.1) is 0 Å². The smallest absolute Gasteiger partial charge is 0.227 e. The van der Waals surface area contributed by atoms with E-state index in [-0.39, 0.29) is 11.3 Å². The highest BCUT2D eigenvalue weighted by Crippen LogP contribution is 2.32. The number of benzene rings is 1. The molecular formula is C16H25N3O2. The maximum atomic E-state index is 12.0. The summed E-state index contributed by atoms with van der Waals surface area (Å²) in [6.45, 7) is 5.01. The number of nitrogens with one attached hydrogen (secondary N) is 1. The van der Waals surface area contributed by atoms with E-state index in [0.717, 1.165) is 42.9 Å². The summed E-state index contributed by atoms with van der Waals surface area (Å²) in [5, 5.41) is 2.77. The molecule has 21 heavy (non-hydrogen) atoms. The lowest BCUT2D eigenvalue weighted by Crippen LogP contribution is -2.39. The van der Waals surface area contributed by atoms with E-state index in [9.17, 15) is 4.79 Å². The summed E-state index contributed by atoms with van der Waals surface area (Å²) < 4.78 is 5.43. The minimum atomic E-state index is -0.298. The van der Waals surface area contributed by atoms with E-state index >= 15 is 0 Å². The molecule has 1 heterocycles. The molecule has 3 N–H and O–H groups in total. The Kier molecular flexibility index (Phi) is 4.85. The van der Waals surface area contributed by atoms with Crippen molar-refractivity contribution in [3.8, 4) is 5.75 Å². The second-order valence-corrected chi connectivity index (χ2v) is 5.95. The van der Waals surface area contributed by atoms with Gasteiger partial charge in [0.2, 0.25) is 5.91 Å². The van der Waals surface area contributed by atoms with Crippen molar-refractivity contribution in [2.24, 2.45) is 11.1 Å². The van der Waals surface area contributed by atoms with Crippen molar-refractivity contribution in [3.05, 3.63) is 29.3 Å². The van der Waals surface area contributed by atoms with Crippen LogP contribution in [0.3, 0.4) is 0 Å². The highest BCUT2D eigenvalue weighted by Gasteiger charge is 2.39. The van der Waals surface area contributed by atoms with Crippen LogP contribution < -0.4 is 15.8 Å². The summed E-state index contributed by atoms with van der Waals surface area (Å²) >= 11 is 0. The summed E-state index contributed by atoms with van der Waals surface area (Å²) in [4.78, 5) is 14.3. The van der Waals surface area contributed by atoms with Crippen LogP contribution in [0.1, 0.15) is 24.5 Å². The fourth-order valence-electron chi connectivity index (χ4n) is 3.00. The third-order valence-corrected chi connectivity index (χ3v) is 4.30. The zero-order chi connectivity index (χ0) is 15.5. The van der Waals surface area contributed by atoms with Crippen molar-refractivity contribution >= 4 is 5.91 Å². The SMILES string of the molecule is CNC(=O)C1(C)CCN(Cc2cc(CN)ccc2OC)C1. The molecule has 0 radical (unpaired) electrons. The lowest BCUT2D eigenvalue weighted by molar-refractivity contribution is -0.129. The number of amides is 1. The quantitative estimate of drug-likeness (QED) is 0.853. The monoisotopic (exact) mass is 291 g/mol. The Balaban J connectivity index is 2.11. The lowest BCUT2D eigenvalue weighted by atomic mass is 9.89. The fraction of sp³-hybridized carbons (Fsp3) is 0.562. The first-order valence-corrected chi connectivity index (χ1v) is 7.33. The van der Waals surface area contributed by atoms with E-state index in [1.165, 1.54) is 0 Å². The van der Waals surface area contributed by atoms with Crippen LogP contribution in [0.4, 0.5) is 0 Å². The third-order valence-electron chi connectivity index (χ3n) is 4.30. The summed E-state index contributed by atoms with van der Waals surface area (Å²) in [7, 11) is 3.38. The van der Waals surface area contributed by atoms with Crippen LogP contribution >= 0.6 is 0 Å². The molecule has 1 amide bonds. The molecule has 2 rings (SSSR count). The number of hydrogen-bond donors (Lipinski definition) is 2. The number of methoxy groups -OCH3 is 1. The Labute approximate surface area is 126 Å². The van der Waals surface area contributed by atoms with E-state index < -0.39 is 0 Å². The van der Waals surface area contributed by atoms with Crippen LogP contribution in [-0.2, 0) is 17.9 Å². The van der Waals surface area contributed by atoms with Gasteiger partial charge in [-0.1, -0.05) is 6.07 Å². The van der Waals surface area contributed by atoms with Crippen LogP contribution in [0.25, 0.3) is 0 Å². The Morgan fingerprint density at radius 3 is 2.90 bits per heavy atom. The van der Waals surface area contributed by atoms with Gasteiger partial charge in [0, 0.05) is 32.2 Å². The van der Waals surface area contributed by atoms with E-state index in [4.69, 9.17) is 10.5 Å². The van der Waals surface area contributed by atoms with Crippen molar-refractivity contribution in [1.82, 2.24) is 10.2 Å². The number of carbonyl (C=O) groups is 1. The molecule has 1 saturated heterocycles. The number of nitrogens with two attached hydrogens (primary N) is 1. The number of carbonyl (C=O) groups excluding carboxylic acids is 1. The van der Waals surface area contributed by atoms with Crippen LogP contribution in [-0.4, -0.2) is 38.1 Å². The van der Waals surface area contributed by atoms with Crippen molar-refractivity contribution < 1.29 is 9.53 Å². The average molecular weight is 291 g/mol. The molecule has 0 bridgehead atoms. The zero-order valence-electron chi connectivity index (χ0n) is 13.1. The van der Waals surface area contributed by atoms with Crippen molar-refractivity contribution in [3.63, 3.8) is 0 Å². The Hall–Kier alpha value is -1.59. The van der Waals surface area contributed by atoms with Crippen LogP contribution in [0.2, 0.25) is 0 Å². The van der Waals surface area contributed by atoms with Gasteiger partial charge in [-0.25, -0.2) is 0 Å². The molecule has 1 fully saturated rings. The summed E-state index contributed by atoms with van der Waals surface area (Å²) in [6, 6.07) is 6.04. The van der Waals surface area contributed by atoms with Gasteiger partial charge >= 0.3 is 0 Å². The van der Waals surface area contributed by atoms with Crippen molar-refractivity contribution in [2.45, 2.75) is 26.4 Å². The van der Waals surface area contributed by atoms with Gasteiger partial charge in [-0.05, 0) is 37.6 Å². The molecule has 1 atom stereocenters. The fourth-order valence-corrected chi connectivity index (χ4v) is 3.00. The standard InChI is InChI=1S/C16H25N3O2/c1-16(15(20)18-2)6-7-19(11-16)10-13-8-12(9-17)4-5-14(13)21-3/h4-5,8H,6-7,9-11,17H2,1-3H3,(H,18,20). The second kappa shape index (κ2) is 6.45. The maximum absolute atomic E-state index is 12.0. The Morgan fingerprint density at radius 1 is 1.52 bits per heavy atom. The van der Waals surface area contributed by atoms with Gasteiger partial charge in [0.25, 0.3) is 0 Å². The second-order valence-electron chi connectivity index (χ2n) is 5.95. The number of likely N-dealkylation sites (tertiary alicyclic amines) is 1. The predicted molar refractivity (Wildman–Crippen MR) is 83.0 cm³/mol. The molecule has 1 unspecified atom stereocenters. The largest absolute Gasteiger partial charge is 0.496 e. The van der Waals surface area contributed by atoms with Gasteiger partial charge < -0.3 is 15.8 Å². The number of nitrogens with zero attached hydrogens (tertiary/aromatic N) is 1. The number of rotatable bonds is 5. The summed E-state index contributed by atoms with van der Waals surface area (Å²) in [6.07, 6.45) is 0.881. The van der Waals surface area contributed by atoms with Crippen LogP contribution in [0.15, 0.2) is 18.2 Å². The Morgan fingerprint density at radius 2 is 2.29 bits per heavy atom. The van der Waals surface area contributed by atoms with Crippen LogP contribution in [0.5, 0.6) is 5.75 Å². The van der Waals surface area contributed by atoms with E-state index in [2.05, 4.69) is 16.3 Å². The van der Waals surface area contributed by atoms with E-state index in [1.54, 1.807) is 14.2 Å². The predicted octanol–water partition coefficient (Wildman–Crippen LogP) is 1.11. The minimum Gasteiger partial charge on any atom is -0.496 e. The molecular weight excluding hydrogens is 266 g/mol. The van der Waals surface area contributed by atoms with E-state index in [1.807, 2.05) is 19.1 Å². The van der Waals surface area contributed by atoms with E-state index in [0.29, 0.717) is 6.54 Å². The topological polar surface area (TPSA) is 67.6 Å². The first-order valence-electron chi connectivity index (χ1n) is 7.33. The molecule has 0 aliphatic carbocycles. The molecule has 1 aliphatic heterocycles. The molecule has 5 heteroatoms. The summed E-state index contributed by atoms with van der Waals surface area (Å²) in [5.74, 6) is 0.994. The first kappa shape index (κ1) is 15.8. The summed E-state index contributed by atoms with van der Waals surface area (Å²) in [5.41, 5.74) is 7.64. The molecule has 1 aromatic rings. The maximum Gasteiger partial charge on any atom is 0.227 e.